The zero-order valence-electron chi connectivity index (χ0n) is 12.8. The van der Waals surface area contributed by atoms with Crippen LogP contribution < -0.4 is 10.6 Å². The lowest BCUT2D eigenvalue weighted by atomic mass is 9.96. The van der Waals surface area contributed by atoms with Crippen LogP contribution in [0.5, 0.6) is 0 Å². The highest BCUT2D eigenvalue weighted by Gasteiger charge is 2.44. The lowest BCUT2D eigenvalue weighted by molar-refractivity contribution is -0.123. The van der Waals surface area contributed by atoms with Crippen molar-refractivity contribution in [2.75, 3.05) is 32.7 Å². The minimum atomic E-state index is 0.0524. The van der Waals surface area contributed by atoms with Gasteiger partial charge in [-0.3, -0.25) is 14.5 Å². The van der Waals surface area contributed by atoms with E-state index >= 15 is 0 Å². The van der Waals surface area contributed by atoms with Crippen LogP contribution in [-0.4, -0.2) is 49.4 Å². The van der Waals surface area contributed by atoms with Crippen LogP contribution in [0, 0.1) is 0 Å². The molecule has 5 heteroatoms. The van der Waals surface area contributed by atoms with Gasteiger partial charge in [0.2, 0.25) is 11.8 Å². The molecule has 2 fully saturated rings. The first-order valence-electron chi connectivity index (χ1n) is 7.99. The molecular weight excluding hydrogens is 278 g/mol. The fourth-order valence-corrected chi connectivity index (χ4v) is 3.01. The van der Waals surface area contributed by atoms with Crippen molar-refractivity contribution in [1.29, 1.82) is 0 Å². The van der Waals surface area contributed by atoms with Gasteiger partial charge in [-0.2, -0.15) is 0 Å². The highest BCUT2D eigenvalue weighted by Crippen LogP contribution is 2.47. The van der Waals surface area contributed by atoms with E-state index in [2.05, 4.69) is 34.9 Å². The number of hydrogen-bond donors (Lipinski definition) is 2. The molecule has 5 nitrogen and oxygen atoms in total. The minimum absolute atomic E-state index is 0.0524. The second-order valence-corrected chi connectivity index (χ2v) is 6.30. The van der Waals surface area contributed by atoms with Gasteiger partial charge >= 0.3 is 0 Å². The number of amides is 2. The average molecular weight is 301 g/mol. The zero-order chi connectivity index (χ0) is 15.4. The number of carbonyl (C=O) groups excluding carboxylic acids is 2. The standard InChI is InChI=1S/C17H23N3O2/c21-15-6-10-20(11-9-18-15)12-16(22)19-13-17(7-8-17)14-4-2-1-3-5-14/h1-5H,6-13H2,(H,18,21)(H,19,22). The van der Waals surface area contributed by atoms with Crippen molar-refractivity contribution in [3.05, 3.63) is 35.9 Å². The van der Waals surface area contributed by atoms with E-state index < -0.39 is 0 Å². The van der Waals surface area contributed by atoms with Crippen LogP contribution in [0.3, 0.4) is 0 Å². The van der Waals surface area contributed by atoms with Crippen LogP contribution in [0.15, 0.2) is 30.3 Å². The number of benzene rings is 1. The summed E-state index contributed by atoms with van der Waals surface area (Å²) in [5.74, 6) is 0.125. The fraction of sp³-hybridized carbons (Fsp3) is 0.529. The Morgan fingerprint density at radius 3 is 2.73 bits per heavy atom. The molecule has 2 aliphatic rings. The van der Waals surface area contributed by atoms with Crippen LogP contribution in [0.2, 0.25) is 0 Å². The second kappa shape index (κ2) is 6.48. The van der Waals surface area contributed by atoms with Gasteiger partial charge in [-0.15, -0.1) is 0 Å². The van der Waals surface area contributed by atoms with Crippen LogP contribution in [-0.2, 0) is 15.0 Å². The van der Waals surface area contributed by atoms with Crippen LogP contribution >= 0.6 is 0 Å². The van der Waals surface area contributed by atoms with Gasteiger partial charge in [-0.25, -0.2) is 0 Å². The van der Waals surface area contributed by atoms with Gasteiger partial charge in [-0.1, -0.05) is 30.3 Å². The van der Waals surface area contributed by atoms with E-state index in [-0.39, 0.29) is 17.2 Å². The van der Waals surface area contributed by atoms with Crippen LogP contribution in [0.25, 0.3) is 0 Å². The molecule has 0 aromatic heterocycles. The molecule has 0 unspecified atom stereocenters. The smallest absolute Gasteiger partial charge is 0.234 e. The third kappa shape index (κ3) is 3.65. The topological polar surface area (TPSA) is 61.4 Å². The lowest BCUT2D eigenvalue weighted by Gasteiger charge is -2.20. The van der Waals surface area contributed by atoms with E-state index in [9.17, 15) is 9.59 Å². The van der Waals surface area contributed by atoms with Crippen molar-refractivity contribution in [3.63, 3.8) is 0 Å². The first kappa shape index (κ1) is 15.0. The molecule has 3 rings (SSSR count). The lowest BCUT2D eigenvalue weighted by Crippen LogP contribution is -2.41. The van der Waals surface area contributed by atoms with E-state index in [1.165, 1.54) is 5.56 Å². The molecule has 1 aliphatic heterocycles. The predicted octanol–water partition coefficient (Wildman–Crippen LogP) is 0.656. The minimum Gasteiger partial charge on any atom is -0.355 e. The molecular formula is C17H23N3O2. The molecule has 1 saturated heterocycles. The van der Waals surface area contributed by atoms with Gasteiger partial charge in [0.1, 0.15) is 0 Å². The quantitative estimate of drug-likeness (QED) is 0.840. The molecule has 0 spiro atoms. The maximum absolute atomic E-state index is 12.2. The predicted molar refractivity (Wildman–Crippen MR) is 84.4 cm³/mol. The Kier molecular flexibility index (Phi) is 4.43. The van der Waals surface area contributed by atoms with Crippen LogP contribution in [0.1, 0.15) is 24.8 Å². The third-order valence-corrected chi connectivity index (χ3v) is 4.64. The fourth-order valence-electron chi connectivity index (χ4n) is 3.01. The van der Waals surface area contributed by atoms with Crippen molar-refractivity contribution < 1.29 is 9.59 Å². The summed E-state index contributed by atoms with van der Waals surface area (Å²) in [6.45, 7) is 3.10. The molecule has 118 valence electrons. The number of rotatable bonds is 5. The first-order valence-corrected chi connectivity index (χ1v) is 7.99. The Balaban J connectivity index is 1.47. The molecule has 2 amide bonds. The molecule has 0 radical (unpaired) electrons. The average Bonchev–Trinajstić information content (AvgIpc) is 3.34. The van der Waals surface area contributed by atoms with Crippen molar-refractivity contribution >= 4 is 11.8 Å². The number of hydrogen-bond acceptors (Lipinski definition) is 3. The summed E-state index contributed by atoms with van der Waals surface area (Å²) in [5, 5.41) is 5.90. The van der Waals surface area contributed by atoms with E-state index in [1.54, 1.807) is 0 Å². The Labute approximate surface area is 131 Å². The highest BCUT2D eigenvalue weighted by molar-refractivity contribution is 5.79. The normalized spacial score (nSPS) is 20.8. The molecule has 1 saturated carbocycles. The molecule has 22 heavy (non-hydrogen) atoms. The molecule has 1 aromatic carbocycles. The van der Waals surface area contributed by atoms with Crippen molar-refractivity contribution in [1.82, 2.24) is 15.5 Å². The maximum atomic E-state index is 12.2. The van der Waals surface area contributed by atoms with E-state index in [4.69, 9.17) is 0 Å². The van der Waals surface area contributed by atoms with Gasteiger partial charge in [0.05, 0.1) is 6.54 Å². The van der Waals surface area contributed by atoms with Gasteiger partial charge in [0.25, 0.3) is 0 Å². The number of nitrogens with one attached hydrogen (secondary N) is 2. The number of carbonyl (C=O) groups is 2. The largest absolute Gasteiger partial charge is 0.355 e. The summed E-state index contributed by atoms with van der Waals surface area (Å²) < 4.78 is 0. The summed E-state index contributed by atoms with van der Waals surface area (Å²) in [5.41, 5.74) is 1.47. The Bertz CT molecular complexity index is 540. The van der Waals surface area contributed by atoms with Gasteiger partial charge < -0.3 is 10.6 Å². The van der Waals surface area contributed by atoms with Gasteiger partial charge in [-0.05, 0) is 18.4 Å². The first-order chi connectivity index (χ1) is 10.7. The Hall–Kier alpha value is -1.88. The summed E-state index contributed by atoms with van der Waals surface area (Å²) >= 11 is 0. The summed E-state index contributed by atoms with van der Waals surface area (Å²) in [4.78, 5) is 25.5. The number of nitrogens with zero attached hydrogens (tertiary/aromatic N) is 1. The second-order valence-electron chi connectivity index (χ2n) is 6.30. The maximum Gasteiger partial charge on any atom is 0.234 e. The summed E-state index contributed by atoms with van der Waals surface area (Å²) in [6, 6.07) is 10.4. The molecule has 1 aromatic rings. The van der Waals surface area contributed by atoms with Gasteiger partial charge in [0, 0.05) is 38.0 Å². The third-order valence-electron chi connectivity index (χ3n) is 4.64. The zero-order valence-corrected chi connectivity index (χ0v) is 12.8. The molecule has 1 heterocycles. The monoisotopic (exact) mass is 301 g/mol. The molecule has 0 atom stereocenters. The van der Waals surface area contributed by atoms with E-state index in [0.717, 1.165) is 19.4 Å². The Morgan fingerprint density at radius 2 is 2.00 bits per heavy atom. The Morgan fingerprint density at radius 1 is 1.23 bits per heavy atom. The van der Waals surface area contributed by atoms with Crippen LogP contribution in [0.4, 0.5) is 0 Å². The molecule has 0 bridgehead atoms. The summed E-state index contributed by atoms with van der Waals surface area (Å²) in [7, 11) is 0. The van der Waals surface area contributed by atoms with Gasteiger partial charge in [0.15, 0.2) is 0 Å². The summed E-state index contributed by atoms with van der Waals surface area (Å²) in [6.07, 6.45) is 2.75. The highest BCUT2D eigenvalue weighted by atomic mass is 16.2. The SMILES string of the molecule is O=C1CCN(CC(=O)NCC2(c3ccccc3)CC2)CCN1. The van der Waals surface area contributed by atoms with Crippen molar-refractivity contribution in [2.45, 2.75) is 24.7 Å². The molecule has 2 N–H and O–H groups in total. The molecule has 1 aliphatic carbocycles. The van der Waals surface area contributed by atoms with E-state index in [0.29, 0.717) is 32.6 Å². The van der Waals surface area contributed by atoms with E-state index in [1.807, 2.05) is 11.0 Å². The van der Waals surface area contributed by atoms with Crippen molar-refractivity contribution in [2.24, 2.45) is 0 Å². The van der Waals surface area contributed by atoms with Crippen molar-refractivity contribution in [3.8, 4) is 0 Å².